The Morgan fingerprint density at radius 1 is 1.22 bits per heavy atom. The summed E-state index contributed by atoms with van der Waals surface area (Å²) in [5.41, 5.74) is 1.02. The van der Waals surface area contributed by atoms with Gasteiger partial charge in [-0.3, -0.25) is 4.72 Å². The number of benzene rings is 1. The molecule has 0 unspecified atom stereocenters. The third-order valence-corrected chi connectivity index (χ3v) is 4.47. The number of hydrogen-bond acceptors (Lipinski definition) is 4. The number of sulfonamides is 1. The summed E-state index contributed by atoms with van der Waals surface area (Å²) in [6, 6.07) is 6.82. The molecule has 0 amide bonds. The van der Waals surface area contributed by atoms with Crippen molar-refractivity contribution in [1.29, 1.82) is 0 Å². The first-order valence-corrected chi connectivity index (χ1v) is 8.25. The van der Waals surface area contributed by atoms with Gasteiger partial charge in [-0.05, 0) is 25.1 Å². The van der Waals surface area contributed by atoms with Crippen molar-refractivity contribution in [2.24, 2.45) is 0 Å². The first-order valence-electron chi connectivity index (χ1n) is 6.60. The zero-order valence-corrected chi connectivity index (χ0v) is 12.8. The fraction of sp³-hybridized carbons (Fsp3) is 0.143. The van der Waals surface area contributed by atoms with Crippen molar-refractivity contribution >= 4 is 21.4 Å². The molecule has 0 aliphatic rings. The number of aryl methyl sites for hydroxylation is 1. The number of nitrogens with one attached hydrogen (secondary N) is 1. The largest absolute Gasteiger partial charge is 0.265 e. The summed E-state index contributed by atoms with van der Waals surface area (Å²) >= 11 is 0. The maximum Gasteiger partial charge on any atom is 0.238 e. The van der Waals surface area contributed by atoms with Crippen LogP contribution in [0.25, 0.3) is 5.52 Å². The molecule has 0 aliphatic heterocycles. The van der Waals surface area contributed by atoms with Crippen LogP contribution in [0.5, 0.6) is 0 Å². The van der Waals surface area contributed by atoms with Crippen LogP contribution < -0.4 is 4.72 Å². The van der Waals surface area contributed by atoms with Gasteiger partial charge in [-0.1, -0.05) is 12.1 Å². The van der Waals surface area contributed by atoms with Gasteiger partial charge in [0.15, 0.2) is 17.5 Å². The molecule has 3 aromatic rings. The van der Waals surface area contributed by atoms with E-state index < -0.39 is 27.4 Å². The van der Waals surface area contributed by atoms with Gasteiger partial charge >= 0.3 is 0 Å². The van der Waals surface area contributed by atoms with E-state index in [1.54, 1.807) is 19.1 Å². The van der Waals surface area contributed by atoms with Gasteiger partial charge < -0.3 is 0 Å². The summed E-state index contributed by atoms with van der Waals surface area (Å²) < 4.78 is 55.0. The second kappa shape index (κ2) is 5.58. The van der Waals surface area contributed by atoms with Crippen LogP contribution in [0, 0.1) is 18.6 Å². The van der Waals surface area contributed by atoms with Gasteiger partial charge in [0.1, 0.15) is 11.8 Å². The summed E-state index contributed by atoms with van der Waals surface area (Å²) in [7, 11) is -3.97. The zero-order valence-electron chi connectivity index (χ0n) is 12.0. The van der Waals surface area contributed by atoms with E-state index in [1.807, 2.05) is 0 Å². The van der Waals surface area contributed by atoms with Crippen LogP contribution >= 0.6 is 0 Å². The van der Waals surface area contributed by atoms with Gasteiger partial charge in [0.2, 0.25) is 10.0 Å². The molecule has 0 atom stereocenters. The molecule has 0 aliphatic carbocycles. The summed E-state index contributed by atoms with van der Waals surface area (Å²) in [6.45, 7) is 1.81. The number of nitrogens with zero attached hydrogens (tertiary/aromatic N) is 3. The molecule has 0 fully saturated rings. The molecule has 1 aromatic carbocycles. The maximum absolute atomic E-state index is 13.6. The van der Waals surface area contributed by atoms with E-state index in [0.717, 1.165) is 11.8 Å². The molecule has 2 heterocycles. The van der Waals surface area contributed by atoms with Gasteiger partial charge in [0, 0.05) is 11.3 Å². The molecule has 9 heteroatoms. The van der Waals surface area contributed by atoms with E-state index in [0.29, 0.717) is 5.52 Å². The maximum atomic E-state index is 13.6. The van der Waals surface area contributed by atoms with Crippen LogP contribution in [0.2, 0.25) is 0 Å². The third kappa shape index (κ3) is 3.00. The quantitative estimate of drug-likeness (QED) is 0.792. The average molecular weight is 338 g/mol. The monoisotopic (exact) mass is 338 g/mol. The predicted molar refractivity (Wildman–Crippen MR) is 80.3 cm³/mol. The number of hydrogen-bond donors (Lipinski definition) is 1. The second-order valence-corrected chi connectivity index (χ2v) is 6.68. The van der Waals surface area contributed by atoms with Gasteiger partial charge in [0.05, 0.1) is 5.75 Å². The molecule has 2 aromatic heterocycles. The minimum absolute atomic E-state index is 0.0740. The van der Waals surface area contributed by atoms with Crippen molar-refractivity contribution in [3.63, 3.8) is 0 Å². The Hall–Kier alpha value is -2.55. The SMILES string of the molecule is Cc1ccc2c(NS(=O)(=O)Cc3cccc(F)c3F)ncnn12. The summed E-state index contributed by atoms with van der Waals surface area (Å²) in [5, 5.41) is 4.00. The first-order chi connectivity index (χ1) is 10.9. The van der Waals surface area contributed by atoms with Gasteiger partial charge in [-0.2, -0.15) is 5.10 Å². The smallest absolute Gasteiger partial charge is 0.238 e. The Labute approximate surface area is 130 Å². The highest BCUT2D eigenvalue weighted by atomic mass is 32.2. The molecule has 0 radical (unpaired) electrons. The fourth-order valence-electron chi connectivity index (χ4n) is 2.19. The Morgan fingerprint density at radius 3 is 2.78 bits per heavy atom. The van der Waals surface area contributed by atoms with Crippen molar-refractivity contribution in [1.82, 2.24) is 14.6 Å². The Balaban J connectivity index is 1.93. The molecular formula is C14H12F2N4O2S. The fourth-order valence-corrected chi connectivity index (χ4v) is 3.35. The van der Waals surface area contributed by atoms with Crippen molar-refractivity contribution in [2.75, 3.05) is 4.72 Å². The molecule has 6 nitrogen and oxygen atoms in total. The Morgan fingerprint density at radius 2 is 2.00 bits per heavy atom. The number of halogens is 2. The lowest BCUT2D eigenvalue weighted by Gasteiger charge is -2.09. The Bertz CT molecular complexity index is 986. The highest BCUT2D eigenvalue weighted by Crippen LogP contribution is 2.19. The minimum Gasteiger partial charge on any atom is -0.265 e. The topological polar surface area (TPSA) is 76.4 Å². The predicted octanol–water partition coefficient (Wildman–Crippen LogP) is 2.26. The van der Waals surface area contributed by atoms with Crippen LogP contribution in [0.1, 0.15) is 11.3 Å². The highest BCUT2D eigenvalue weighted by Gasteiger charge is 2.19. The summed E-state index contributed by atoms with van der Waals surface area (Å²) in [6.07, 6.45) is 1.21. The minimum atomic E-state index is -3.97. The van der Waals surface area contributed by atoms with E-state index in [4.69, 9.17) is 0 Å². The van der Waals surface area contributed by atoms with Crippen molar-refractivity contribution in [2.45, 2.75) is 12.7 Å². The van der Waals surface area contributed by atoms with Crippen molar-refractivity contribution in [3.8, 4) is 0 Å². The second-order valence-electron chi connectivity index (χ2n) is 4.95. The molecule has 1 N–H and O–H groups in total. The molecular weight excluding hydrogens is 326 g/mol. The van der Waals surface area contributed by atoms with Crippen LogP contribution in [0.3, 0.4) is 0 Å². The summed E-state index contributed by atoms with van der Waals surface area (Å²) in [5.74, 6) is -2.90. The third-order valence-electron chi connectivity index (χ3n) is 3.27. The number of fused-ring (bicyclic) bond motifs is 1. The number of rotatable bonds is 4. The molecule has 3 rings (SSSR count). The van der Waals surface area contributed by atoms with Gasteiger partial charge in [0.25, 0.3) is 0 Å². The van der Waals surface area contributed by atoms with Gasteiger partial charge in [-0.25, -0.2) is 26.7 Å². The molecule has 0 saturated heterocycles. The molecule has 23 heavy (non-hydrogen) atoms. The lowest BCUT2D eigenvalue weighted by molar-refractivity contribution is 0.501. The van der Waals surface area contributed by atoms with E-state index >= 15 is 0 Å². The van der Waals surface area contributed by atoms with Crippen molar-refractivity contribution in [3.05, 3.63) is 59.6 Å². The lowest BCUT2D eigenvalue weighted by Crippen LogP contribution is -2.18. The molecule has 120 valence electrons. The molecule has 0 bridgehead atoms. The van der Waals surface area contributed by atoms with E-state index in [1.165, 1.54) is 23.0 Å². The number of aromatic nitrogens is 3. The highest BCUT2D eigenvalue weighted by molar-refractivity contribution is 7.91. The van der Waals surface area contributed by atoms with Crippen LogP contribution in [0.4, 0.5) is 14.6 Å². The van der Waals surface area contributed by atoms with Crippen LogP contribution in [-0.2, 0) is 15.8 Å². The van der Waals surface area contributed by atoms with E-state index in [-0.39, 0.29) is 11.4 Å². The van der Waals surface area contributed by atoms with E-state index in [9.17, 15) is 17.2 Å². The van der Waals surface area contributed by atoms with Crippen LogP contribution in [-0.4, -0.2) is 23.0 Å². The Kier molecular flexibility index (Phi) is 3.72. The van der Waals surface area contributed by atoms with E-state index in [2.05, 4.69) is 14.8 Å². The standard InChI is InChI=1S/C14H12F2N4O2S/c1-9-5-6-12-14(17-8-18-20(9)12)19-23(21,22)7-10-3-2-4-11(15)13(10)16/h2-6,8H,7H2,1H3,(H,17,18,19). The van der Waals surface area contributed by atoms with Gasteiger partial charge in [-0.15, -0.1) is 0 Å². The zero-order chi connectivity index (χ0) is 16.6. The average Bonchev–Trinajstić information content (AvgIpc) is 2.86. The lowest BCUT2D eigenvalue weighted by atomic mass is 10.2. The summed E-state index contributed by atoms with van der Waals surface area (Å²) in [4.78, 5) is 3.90. The van der Waals surface area contributed by atoms with Crippen LogP contribution in [0.15, 0.2) is 36.7 Å². The number of anilines is 1. The molecule has 0 spiro atoms. The normalized spacial score (nSPS) is 11.8. The molecule has 0 saturated carbocycles. The first kappa shape index (κ1) is 15.3. The van der Waals surface area contributed by atoms with Crippen molar-refractivity contribution < 1.29 is 17.2 Å².